The van der Waals surface area contributed by atoms with Gasteiger partial charge in [-0.25, -0.2) is 0 Å². The maximum absolute atomic E-state index is 5.76. The van der Waals surface area contributed by atoms with E-state index in [9.17, 15) is 0 Å². The van der Waals surface area contributed by atoms with Crippen molar-refractivity contribution in [1.82, 2.24) is 0 Å². The highest BCUT2D eigenvalue weighted by Crippen LogP contribution is 2.17. The van der Waals surface area contributed by atoms with Gasteiger partial charge in [0.15, 0.2) is 0 Å². The Morgan fingerprint density at radius 3 is 2.58 bits per heavy atom. The topological polar surface area (TPSA) is 52.0 Å². The molecule has 1 rings (SSSR count). The van der Waals surface area contributed by atoms with Crippen molar-refractivity contribution < 1.29 is 0 Å². The Hall–Kier alpha value is -1.18. The van der Waals surface area contributed by atoms with Gasteiger partial charge in [-0.2, -0.15) is 0 Å². The predicted molar refractivity (Wildman–Crippen MR) is 53.6 cm³/mol. The quantitative estimate of drug-likeness (QED) is 0.670. The Balaban J connectivity index is 2.72. The van der Waals surface area contributed by atoms with Crippen molar-refractivity contribution >= 4 is 11.4 Å². The van der Waals surface area contributed by atoms with Crippen LogP contribution in [0.25, 0.3) is 0 Å². The molecule has 0 atom stereocenters. The van der Waals surface area contributed by atoms with E-state index in [-0.39, 0.29) is 0 Å². The summed E-state index contributed by atoms with van der Waals surface area (Å²) in [6.45, 7) is 3.78. The fourth-order valence-corrected chi connectivity index (χ4v) is 1.16. The lowest BCUT2D eigenvalue weighted by Gasteiger charge is -2.04. The normalized spacial score (nSPS) is 10.1. The van der Waals surface area contributed by atoms with Gasteiger partial charge in [-0.1, -0.05) is 19.4 Å². The molecule has 1 aromatic carbocycles. The highest BCUT2D eigenvalue weighted by molar-refractivity contribution is 5.56. The molecule has 0 saturated heterocycles. The second kappa shape index (κ2) is 4.00. The Labute approximate surface area is 73.6 Å². The molecule has 0 amide bonds. The number of aryl methyl sites for hydroxylation is 1. The van der Waals surface area contributed by atoms with Gasteiger partial charge in [0.25, 0.3) is 0 Å². The van der Waals surface area contributed by atoms with Crippen LogP contribution in [0.5, 0.6) is 0 Å². The molecule has 0 aliphatic carbocycles. The van der Waals surface area contributed by atoms with Crippen LogP contribution < -0.4 is 11.5 Å². The molecule has 0 unspecified atom stereocenters. The molecule has 2 heteroatoms. The zero-order valence-corrected chi connectivity index (χ0v) is 7.22. The van der Waals surface area contributed by atoms with Crippen molar-refractivity contribution in [3.63, 3.8) is 0 Å². The SMILES string of the molecule is [CH2]CCCc1ccc(N)cc1N. The molecular formula is C10H15N2. The van der Waals surface area contributed by atoms with Gasteiger partial charge in [0.1, 0.15) is 0 Å². The third-order valence-corrected chi connectivity index (χ3v) is 1.87. The van der Waals surface area contributed by atoms with Gasteiger partial charge in [-0.3, -0.25) is 0 Å². The van der Waals surface area contributed by atoms with E-state index in [1.165, 1.54) is 5.56 Å². The molecule has 0 aromatic heterocycles. The smallest absolute Gasteiger partial charge is 0.0367 e. The molecule has 65 valence electrons. The lowest BCUT2D eigenvalue weighted by Crippen LogP contribution is -1.96. The number of nitrogens with two attached hydrogens (primary N) is 2. The first-order valence-electron chi connectivity index (χ1n) is 4.17. The van der Waals surface area contributed by atoms with Gasteiger partial charge in [-0.15, -0.1) is 0 Å². The van der Waals surface area contributed by atoms with Crippen LogP contribution in [0.4, 0.5) is 11.4 Å². The lowest BCUT2D eigenvalue weighted by atomic mass is 10.1. The minimum atomic E-state index is 0.728. The largest absolute Gasteiger partial charge is 0.399 e. The fourth-order valence-electron chi connectivity index (χ4n) is 1.16. The van der Waals surface area contributed by atoms with E-state index < -0.39 is 0 Å². The van der Waals surface area contributed by atoms with E-state index in [4.69, 9.17) is 11.5 Å². The number of rotatable bonds is 3. The molecule has 0 fully saturated rings. The van der Waals surface area contributed by atoms with Crippen LogP contribution in [0.1, 0.15) is 18.4 Å². The van der Waals surface area contributed by atoms with E-state index in [1.54, 1.807) is 6.07 Å². The minimum Gasteiger partial charge on any atom is -0.399 e. The van der Waals surface area contributed by atoms with E-state index >= 15 is 0 Å². The van der Waals surface area contributed by atoms with Crippen LogP contribution in [0.15, 0.2) is 18.2 Å². The highest BCUT2D eigenvalue weighted by Gasteiger charge is 1.97. The molecule has 1 radical (unpaired) electrons. The first-order valence-corrected chi connectivity index (χ1v) is 4.17. The molecule has 2 nitrogen and oxygen atoms in total. The fraction of sp³-hybridized carbons (Fsp3) is 0.300. The average molecular weight is 163 g/mol. The van der Waals surface area contributed by atoms with Crippen LogP contribution in [0.3, 0.4) is 0 Å². The molecule has 0 aliphatic heterocycles. The van der Waals surface area contributed by atoms with Gasteiger partial charge >= 0.3 is 0 Å². The van der Waals surface area contributed by atoms with E-state index in [2.05, 4.69) is 6.92 Å². The Kier molecular flexibility index (Phi) is 2.97. The highest BCUT2D eigenvalue weighted by atomic mass is 14.6. The van der Waals surface area contributed by atoms with Gasteiger partial charge < -0.3 is 11.5 Å². The second-order valence-corrected chi connectivity index (χ2v) is 2.92. The first kappa shape index (κ1) is 8.91. The van der Waals surface area contributed by atoms with Crippen LogP contribution >= 0.6 is 0 Å². The van der Waals surface area contributed by atoms with E-state index in [1.807, 2.05) is 12.1 Å². The summed E-state index contributed by atoms with van der Waals surface area (Å²) in [6, 6.07) is 5.67. The summed E-state index contributed by atoms with van der Waals surface area (Å²) >= 11 is 0. The van der Waals surface area contributed by atoms with Crippen molar-refractivity contribution in [2.45, 2.75) is 19.3 Å². The lowest BCUT2D eigenvalue weighted by molar-refractivity contribution is 0.843. The standard InChI is InChI=1S/C10H15N2/c1-2-3-4-8-5-6-9(11)7-10(8)12/h5-7H,1-4,11-12H2. The summed E-state index contributed by atoms with van der Waals surface area (Å²) in [5.41, 5.74) is 14.0. The Morgan fingerprint density at radius 1 is 1.25 bits per heavy atom. The molecule has 0 spiro atoms. The summed E-state index contributed by atoms with van der Waals surface area (Å²) in [5.74, 6) is 0. The summed E-state index contributed by atoms with van der Waals surface area (Å²) in [5, 5.41) is 0. The van der Waals surface area contributed by atoms with E-state index in [0.29, 0.717) is 0 Å². The van der Waals surface area contributed by atoms with Crippen molar-refractivity contribution in [1.29, 1.82) is 0 Å². The second-order valence-electron chi connectivity index (χ2n) is 2.92. The van der Waals surface area contributed by atoms with Gasteiger partial charge in [0, 0.05) is 11.4 Å². The molecule has 0 saturated carbocycles. The number of unbranched alkanes of at least 4 members (excludes halogenated alkanes) is 1. The van der Waals surface area contributed by atoms with Crippen LogP contribution in [0.2, 0.25) is 0 Å². The van der Waals surface area contributed by atoms with E-state index in [0.717, 1.165) is 30.6 Å². The number of hydrogen-bond donors (Lipinski definition) is 2. The summed E-state index contributed by atoms with van der Waals surface area (Å²) in [7, 11) is 0. The monoisotopic (exact) mass is 163 g/mol. The molecular weight excluding hydrogens is 148 g/mol. The van der Waals surface area contributed by atoms with Crippen molar-refractivity contribution in [3.05, 3.63) is 30.7 Å². The zero-order valence-electron chi connectivity index (χ0n) is 7.22. The molecule has 12 heavy (non-hydrogen) atoms. The summed E-state index contributed by atoms with van der Waals surface area (Å²) in [6.07, 6.45) is 3.02. The third kappa shape index (κ3) is 2.16. The number of benzene rings is 1. The van der Waals surface area contributed by atoms with Gasteiger partial charge in [0.05, 0.1) is 0 Å². The average Bonchev–Trinajstić information content (AvgIpc) is 2.03. The molecule has 0 bridgehead atoms. The summed E-state index contributed by atoms with van der Waals surface area (Å²) < 4.78 is 0. The Bertz CT molecular complexity index is 256. The van der Waals surface area contributed by atoms with Gasteiger partial charge in [0.2, 0.25) is 0 Å². The van der Waals surface area contributed by atoms with Crippen LogP contribution in [-0.4, -0.2) is 0 Å². The molecule has 0 heterocycles. The Morgan fingerprint density at radius 2 is 2.00 bits per heavy atom. The van der Waals surface area contributed by atoms with Crippen molar-refractivity contribution in [2.75, 3.05) is 11.5 Å². The number of anilines is 2. The third-order valence-electron chi connectivity index (χ3n) is 1.87. The first-order chi connectivity index (χ1) is 5.74. The maximum Gasteiger partial charge on any atom is 0.0367 e. The zero-order chi connectivity index (χ0) is 8.97. The minimum absolute atomic E-state index is 0.728. The van der Waals surface area contributed by atoms with Crippen LogP contribution in [0, 0.1) is 6.92 Å². The predicted octanol–water partition coefficient (Wildman–Crippen LogP) is 2.01. The number of hydrogen-bond acceptors (Lipinski definition) is 2. The molecule has 4 N–H and O–H groups in total. The maximum atomic E-state index is 5.76. The molecule has 0 aliphatic rings. The van der Waals surface area contributed by atoms with Gasteiger partial charge in [-0.05, 0) is 30.5 Å². The summed E-state index contributed by atoms with van der Waals surface area (Å²) in [4.78, 5) is 0. The number of nitrogen functional groups attached to an aromatic ring is 2. The van der Waals surface area contributed by atoms with Crippen molar-refractivity contribution in [3.8, 4) is 0 Å². The molecule has 1 aromatic rings. The van der Waals surface area contributed by atoms with Crippen molar-refractivity contribution in [2.24, 2.45) is 0 Å². The van der Waals surface area contributed by atoms with Crippen LogP contribution in [-0.2, 0) is 6.42 Å².